The minimum Gasteiger partial charge on any atom is -0.449 e. The first-order valence-corrected chi connectivity index (χ1v) is 24.7. The molecule has 0 aromatic carbocycles. The summed E-state index contributed by atoms with van der Waals surface area (Å²) in [6.07, 6.45) is -1.77. The van der Waals surface area contributed by atoms with Crippen LogP contribution in [0, 0.1) is 57.2 Å². The highest BCUT2D eigenvalue weighted by Crippen LogP contribution is 2.75. The quantitative estimate of drug-likeness (QED) is 0.151. The molecule has 64 heavy (non-hydrogen) atoms. The lowest BCUT2D eigenvalue weighted by Crippen LogP contribution is -2.71. The highest BCUT2D eigenvalue weighted by atomic mass is 33.1. The predicted molar refractivity (Wildman–Crippen MR) is 230 cm³/mol. The zero-order valence-corrected chi connectivity index (χ0v) is 39.0. The van der Waals surface area contributed by atoms with E-state index in [0.717, 1.165) is 24.3 Å². The largest absolute Gasteiger partial charge is 0.449 e. The van der Waals surface area contributed by atoms with E-state index in [9.17, 15) is 29.4 Å². The van der Waals surface area contributed by atoms with Crippen LogP contribution in [0.4, 0.5) is 17.6 Å². The van der Waals surface area contributed by atoms with Crippen molar-refractivity contribution in [2.45, 2.75) is 154 Å². The van der Waals surface area contributed by atoms with E-state index >= 15 is 27.2 Å². The average Bonchev–Trinajstić information content (AvgIpc) is 3.59. The van der Waals surface area contributed by atoms with Gasteiger partial charge >= 0.3 is 11.9 Å². The van der Waals surface area contributed by atoms with E-state index < -0.39 is 164 Å². The molecule has 8 rings (SSSR count). The number of ketones is 2. The molecule has 2 unspecified atom stereocenters. The summed E-state index contributed by atoms with van der Waals surface area (Å²) >= 11 is 0. The normalized spacial score (nSPS) is 49.8. The number of carbonyl (C=O) groups excluding carboxylic acids is 6. The van der Waals surface area contributed by atoms with Crippen LogP contribution in [0.3, 0.4) is 0 Å². The number of fused-ring (bicyclic) bond motifs is 10. The monoisotopic (exact) mass is 934 g/mol. The SMILES string of the molecule is CCC(=O)OC1(C(=O)SSC(=O)C2(OC(=O)CC)[C@H](C)C[C@H]3[C@@H]4C[C@H](F)C5=CC(=O)C=C[C@]5(C)[C@@]4(F)[C@@H](O)C[C@@]32C)[C@H](C)C[C@H]2[C@@H]3C[C@H](F)C4=CC(=O)C=C[C@]4(C)[C@@]3(F)[C@@H](O)C[C@@]21C. The lowest BCUT2D eigenvalue weighted by molar-refractivity contribution is -0.228. The van der Waals surface area contributed by atoms with Crippen LogP contribution in [0.5, 0.6) is 0 Å². The van der Waals surface area contributed by atoms with Crippen LogP contribution in [0.25, 0.3) is 0 Å². The Bertz CT molecular complexity index is 2080. The Morgan fingerprint density at radius 3 is 1.31 bits per heavy atom. The number of carbonyl (C=O) groups is 6. The Morgan fingerprint density at radius 2 is 0.984 bits per heavy atom. The summed E-state index contributed by atoms with van der Waals surface area (Å²) in [5, 5.41) is 22.4. The van der Waals surface area contributed by atoms with E-state index in [1.54, 1.807) is 27.7 Å². The van der Waals surface area contributed by atoms with E-state index in [-0.39, 0.29) is 36.8 Å². The molecule has 16 heteroatoms. The molecule has 0 aromatic heterocycles. The predicted octanol–water partition coefficient (Wildman–Crippen LogP) is 7.93. The van der Waals surface area contributed by atoms with Gasteiger partial charge < -0.3 is 19.7 Å². The highest BCUT2D eigenvalue weighted by molar-refractivity contribution is 8.87. The number of allylic oxidation sites excluding steroid dienone is 8. The first kappa shape index (κ1) is 47.4. The van der Waals surface area contributed by atoms with Gasteiger partial charge in [-0.1, -0.05) is 53.7 Å². The molecule has 0 aliphatic heterocycles. The third-order valence-electron chi connectivity index (χ3n) is 18.3. The minimum absolute atomic E-state index is 0.0683. The number of alkyl halides is 4. The third-order valence-corrected chi connectivity index (χ3v) is 20.4. The number of ether oxygens (including phenoxy) is 2. The van der Waals surface area contributed by atoms with Crippen LogP contribution in [0.2, 0.25) is 0 Å². The van der Waals surface area contributed by atoms with Gasteiger partial charge in [0.05, 0.1) is 12.2 Å². The Hall–Kier alpha value is -3.08. The summed E-state index contributed by atoms with van der Waals surface area (Å²) in [6, 6.07) is 0. The standard InChI is InChI=1S/C48H58F4O10S2/c1-9-37(57)61-47(23(3)15-27-29-19-33(49)31-17-25(53)11-13-41(31,5)45(29,51)35(55)21-43(27,47)7)39(59)63-64-40(60)48(62-38(58)10-2)24(4)16-28-30-20-34(50)32-18-26(54)12-14-42(32,6)46(30,52)36(56)22-44(28,48)8/h11-14,17-18,23-24,27-30,33-36,55-56H,9-10,15-16,19-22H2,1-8H3/t23-,24-,27+,28+,29+,30+,33+,34+,35+,36+,41+,42+,43+,44+,45+,46+,47?,48?/m1/s1. The van der Waals surface area contributed by atoms with Crippen molar-refractivity contribution in [3.05, 3.63) is 47.6 Å². The smallest absolute Gasteiger partial charge is 0.306 e. The van der Waals surface area contributed by atoms with Gasteiger partial charge in [-0.15, -0.1) is 0 Å². The van der Waals surface area contributed by atoms with Gasteiger partial charge in [-0.3, -0.25) is 28.8 Å². The van der Waals surface area contributed by atoms with Crippen molar-refractivity contribution < 1.29 is 66.0 Å². The van der Waals surface area contributed by atoms with Gasteiger partial charge in [-0.05, 0) is 121 Å². The molecule has 18 atom stereocenters. The summed E-state index contributed by atoms with van der Waals surface area (Å²) in [7, 11) is 0.888. The first-order valence-electron chi connectivity index (χ1n) is 22.5. The number of halogens is 4. The molecule has 0 amide bonds. The minimum atomic E-state index is -2.48. The van der Waals surface area contributed by atoms with E-state index in [0.29, 0.717) is 21.6 Å². The maximum Gasteiger partial charge on any atom is 0.306 e. The summed E-state index contributed by atoms with van der Waals surface area (Å²) < 4.78 is 81.1. The summed E-state index contributed by atoms with van der Waals surface area (Å²) in [6.45, 7) is 12.6. The average molecular weight is 935 g/mol. The second kappa shape index (κ2) is 15.2. The van der Waals surface area contributed by atoms with E-state index in [2.05, 4.69) is 0 Å². The lowest BCUT2D eigenvalue weighted by Gasteiger charge is -2.63. The molecule has 0 saturated heterocycles. The van der Waals surface area contributed by atoms with Gasteiger partial charge in [-0.25, -0.2) is 17.6 Å². The number of hydrogen-bond acceptors (Lipinski definition) is 12. The zero-order valence-electron chi connectivity index (χ0n) is 37.4. The van der Waals surface area contributed by atoms with Crippen LogP contribution in [0.15, 0.2) is 47.6 Å². The van der Waals surface area contributed by atoms with Gasteiger partial charge in [0.1, 0.15) is 12.3 Å². The zero-order chi connectivity index (χ0) is 47.1. The van der Waals surface area contributed by atoms with Crippen molar-refractivity contribution in [3.63, 3.8) is 0 Å². The molecule has 0 spiro atoms. The van der Waals surface area contributed by atoms with Crippen LogP contribution in [-0.4, -0.2) is 91.0 Å². The molecule has 2 N–H and O–H groups in total. The van der Waals surface area contributed by atoms with Gasteiger partial charge in [0.25, 0.3) is 0 Å². The van der Waals surface area contributed by atoms with Crippen LogP contribution in [-0.2, 0) is 38.2 Å². The van der Waals surface area contributed by atoms with Crippen molar-refractivity contribution in [2.75, 3.05) is 0 Å². The van der Waals surface area contributed by atoms with Gasteiger partial charge in [0.2, 0.25) is 10.2 Å². The van der Waals surface area contributed by atoms with E-state index in [1.807, 2.05) is 0 Å². The highest BCUT2D eigenvalue weighted by Gasteiger charge is 2.80. The molecule has 6 fully saturated rings. The molecule has 10 nitrogen and oxygen atoms in total. The van der Waals surface area contributed by atoms with Crippen LogP contribution in [0.1, 0.15) is 107 Å². The molecule has 0 heterocycles. The maximum atomic E-state index is 18.1. The van der Waals surface area contributed by atoms with Crippen molar-refractivity contribution in [2.24, 2.45) is 57.2 Å². The molecule has 0 bridgehead atoms. The molecule has 6 saturated carbocycles. The fourth-order valence-electron chi connectivity index (χ4n) is 15.1. The van der Waals surface area contributed by atoms with Crippen LogP contribution >= 0.6 is 21.6 Å². The van der Waals surface area contributed by atoms with Gasteiger partial charge in [0.15, 0.2) is 34.1 Å². The molecule has 0 radical (unpaired) electrons. The van der Waals surface area contributed by atoms with Gasteiger partial charge in [0, 0.05) is 58.2 Å². The van der Waals surface area contributed by atoms with Crippen molar-refractivity contribution in [3.8, 4) is 0 Å². The van der Waals surface area contributed by atoms with Gasteiger partial charge in [-0.2, -0.15) is 0 Å². The Balaban J connectivity index is 1.15. The number of rotatable bonds is 6. The third kappa shape index (κ3) is 5.72. The second-order valence-corrected chi connectivity index (χ2v) is 22.9. The lowest BCUT2D eigenvalue weighted by atomic mass is 9.44. The Morgan fingerprint density at radius 1 is 0.641 bits per heavy atom. The molecular formula is C48H58F4O10S2. The number of aliphatic hydroxyl groups excluding tert-OH is 2. The molecule has 350 valence electrons. The molecule has 0 aromatic rings. The van der Waals surface area contributed by atoms with E-state index in [4.69, 9.17) is 9.47 Å². The van der Waals surface area contributed by atoms with E-state index in [1.165, 1.54) is 39.8 Å². The molecule has 8 aliphatic rings. The summed E-state index contributed by atoms with van der Waals surface area (Å²) in [5.41, 5.74) is -15.6. The first-order chi connectivity index (χ1) is 29.7. The summed E-state index contributed by atoms with van der Waals surface area (Å²) in [4.78, 5) is 82.0. The number of hydrogen-bond donors (Lipinski definition) is 2. The van der Waals surface area contributed by atoms with Crippen LogP contribution < -0.4 is 0 Å². The van der Waals surface area contributed by atoms with Crippen molar-refractivity contribution in [1.82, 2.24) is 0 Å². The topological polar surface area (TPSA) is 161 Å². The molecular weight excluding hydrogens is 877 g/mol. The number of aliphatic hydroxyl groups is 2. The van der Waals surface area contributed by atoms with Crippen molar-refractivity contribution >= 4 is 55.3 Å². The Labute approximate surface area is 378 Å². The van der Waals surface area contributed by atoms with Crippen molar-refractivity contribution in [1.29, 1.82) is 0 Å². The fraction of sp³-hybridized carbons (Fsp3) is 0.708. The fourth-order valence-corrected chi connectivity index (χ4v) is 17.7. The summed E-state index contributed by atoms with van der Waals surface area (Å²) in [5.74, 6) is -8.23. The maximum absolute atomic E-state index is 18.1. The molecule has 8 aliphatic carbocycles. The Kier molecular flexibility index (Phi) is 11.3. The number of esters is 2. The second-order valence-electron chi connectivity index (χ2n) is 20.9.